The van der Waals surface area contributed by atoms with Crippen LogP contribution in [0.25, 0.3) is 0 Å². The molecular weight excluding hydrogens is 500 g/mol. The van der Waals surface area contributed by atoms with Gasteiger partial charge < -0.3 is 34.9 Å². The number of rotatable bonds is 6. The molecule has 1 aromatic rings. The maximum Gasteiger partial charge on any atom is 0.340 e. The zero-order valence-electron chi connectivity index (χ0n) is 23.3. The molecule has 1 aliphatic heterocycles. The lowest BCUT2D eigenvalue weighted by molar-refractivity contribution is -0.337. The summed E-state index contributed by atoms with van der Waals surface area (Å²) in [5, 5.41) is 25.6. The molecule has 6 aliphatic rings. The number of benzene rings is 1. The van der Waals surface area contributed by atoms with Crippen molar-refractivity contribution in [1.29, 1.82) is 0 Å². The van der Waals surface area contributed by atoms with E-state index in [4.69, 9.17) is 24.7 Å². The number of nitrogens with two attached hydrogens (primary N) is 1. The molecule has 6 fully saturated rings. The molecule has 4 N–H and O–H groups in total. The number of carbonyl (C=O) groups excluding carboxylic acids is 1. The van der Waals surface area contributed by atoms with Crippen LogP contribution in [0.5, 0.6) is 0 Å². The van der Waals surface area contributed by atoms with Crippen LogP contribution < -0.4 is 5.73 Å². The molecule has 9 heteroatoms. The Morgan fingerprint density at radius 1 is 1.10 bits per heavy atom. The number of para-hydroxylation sites is 1. The van der Waals surface area contributed by atoms with E-state index in [1.165, 1.54) is 0 Å². The third-order valence-electron chi connectivity index (χ3n) is 12.4. The third kappa shape index (κ3) is 2.80. The third-order valence-corrected chi connectivity index (χ3v) is 12.4. The second-order valence-electron chi connectivity index (χ2n) is 13.0. The molecule has 1 aromatic carbocycles. The summed E-state index contributed by atoms with van der Waals surface area (Å²) >= 11 is 0. The van der Waals surface area contributed by atoms with Gasteiger partial charge in [-0.25, -0.2) is 4.79 Å². The topological polar surface area (TPSA) is 124 Å². The highest BCUT2D eigenvalue weighted by molar-refractivity contribution is 5.95. The molecule has 214 valence electrons. The number of nitrogen functional groups attached to an aromatic ring is 1. The second-order valence-corrected chi connectivity index (χ2v) is 13.0. The van der Waals surface area contributed by atoms with Crippen LogP contribution in [0, 0.1) is 29.1 Å². The molecule has 5 saturated carbocycles. The smallest absolute Gasteiger partial charge is 0.340 e. The van der Waals surface area contributed by atoms with Crippen LogP contribution >= 0.6 is 0 Å². The van der Waals surface area contributed by atoms with Gasteiger partial charge >= 0.3 is 5.97 Å². The van der Waals surface area contributed by atoms with Gasteiger partial charge in [0.05, 0.1) is 23.9 Å². The second kappa shape index (κ2) is 8.39. The predicted molar refractivity (Wildman–Crippen MR) is 142 cm³/mol. The monoisotopic (exact) mass is 542 g/mol. The molecule has 1 spiro atoms. The Bertz CT molecular complexity index is 1180. The molecular formula is C30H42N2O7. The molecule has 7 rings (SSSR count). The number of methoxy groups -OCH3 is 3. The van der Waals surface area contributed by atoms with Crippen molar-refractivity contribution in [2.24, 2.45) is 29.1 Å². The zero-order valence-corrected chi connectivity index (χ0v) is 23.3. The first-order valence-corrected chi connectivity index (χ1v) is 14.5. The summed E-state index contributed by atoms with van der Waals surface area (Å²) in [7, 11) is 5.09. The van der Waals surface area contributed by atoms with E-state index in [9.17, 15) is 15.0 Å². The number of likely N-dealkylation sites (N-methyl/N-ethyl adjacent to an activating group) is 1. The van der Waals surface area contributed by atoms with Crippen molar-refractivity contribution in [1.82, 2.24) is 4.90 Å². The fourth-order valence-electron chi connectivity index (χ4n) is 11.3. The number of hydrogen-bond donors (Lipinski definition) is 3. The Morgan fingerprint density at radius 3 is 2.54 bits per heavy atom. The number of carbonyl (C=O) groups is 1. The summed E-state index contributed by atoms with van der Waals surface area (Å²) in [5.74, 6) is -1.06. The van der Waals surface area contributed by atoms with E-state index in [1.54, 1.807) is 39.5 Å². The molecule has 1 saturated heterocycles. The number of anilines is 1. The summed E-state index contributed by atoms with van der Waals surface area (Å²) in [6.07, 6.45) is 2.17. The number of aliphatic hydroxyl groups is 2. The number of hydrogen-bond acceptors (Lipinski definition) is 9. The van der Waals surface area contributed by atoms with E-state index in [1.807, 2.05) is 6.07 Å². The van der Waals surface area contributed by atoms with Crippen molar-refractivity contribution < 1.29 is 34.0 Å². The summed E-state index contributed by atoms with van der Waals surface area (Å²) in [5.41, 5.74) is 2.84. The average molecular weight is 543 g/mol. The Hall–Kier alpha value is -1.75. The lowest BCUT2D eigenvalue weighted by Crippen LogP contribution is -2.83. The Morgan fingerprint density at radius 2 is 1.87 bits per heavy atom. The molecule has 39 heavy (non-hydrogen) atoms. The van der Waals surface area contributed by atoms with Gasteiger partial charge in [-0.2, -0.15) is 0 Å². The first kappa shape index (κ1) is 26.2. The van der Waals surface area contributed by atoms with Crippen LogP contribution in [-0.2, 0) is 18.9 Å². The van der Waals surface area contributed by atoms with E-state index in [2.05, 4.69) is 11.8 Å². The fourth-order valence-corrected chi connectivity index (χ4v) is 11.3. The molecule has 12 atom stereocenters. The van der Waals surface area contributed by atoms with Gasteiger partial charge in [-0.15, -0.1) is 0 Å². The first-order valence-electron chi connectivity index (χ1n) is 14.5. The van der Waals surface area contributed by atoms with Crippen LogP contribution in [-0.4, -0.2) is 96.7 Å². The van der Waals surface area contributed by atoms with E-state index >= 15 is 0 Å². The van der Waals surface area contributed by atoms with Gasteiger partial charge in [-0.05, 0) is 44.4 Å². The summed E-state index contributed by atoms with van der Waals surface area (Å²) in [4.78, 5) is 16.1. The standard InChI is InChI=1S/C30H42N2O7/c1-5-32-15-27(39-26(33)16-8-6-7-9-19(16)31)11-10-23(37-3)29-21(27)13-18(24(29)32)28(34)14-20(36-2)17-12-22(29)30(28,35)25(17)38-4/h6-9,17-18,20-25,34-35H,5,10-15,31H2,1-4H3/t17-,18-,20+,21?,22?,23+,24?,25+,27-,28+,29+,30+/m1/s1. The highest BCUT2D eigenvalue weighted by atomic mass is 16.6. The SMILES string of the molecule is CCN1C[C@]2(OC(=O)c3ccccc3N)CC[C@H](OC)[C@]34C1[C@@H](CC23)[C@@]1(O)C[C@H](OC)[C@H]2CC4[C@]1(O)[C@H]2OC. The van der Waals surface area contributed by atoms with E-state index < -0.39 is 34.3 Å². The Labute approximate surface area is 229 Å². The van der Waals surface area contributed by atoms with E-state index in [-0.39, 0.29) is 41.9 Å². The van der Waals surface area contributed by atoms with Gasteiger partial charge in [0.2, 0.25) is 0 Å². The normalized spacial score (nSPS) is 51.1. The highest BCUT2D eigenvalue weighted by Crippen LogP contribution is 2.79. The van der Waals surface area contributed by atoms with Crippen molar-refractivity contribution in [3.63, 3.8) is 0 Å². The molecule has 5 aliphatic carbocycles. The van der Waals surface area contributed by atoms with Gasteiger partial charge in [0, 0.05) is 75.1 Å². The van der Waals surface area contributed by atoms with Gasteiger partial charge in [-0.1, -0.05) is 19.1 Å². The summed E-state index contributed by atoms with van der Waals surface area (Å²) in [6, 6.07) is 7.04. The predicted octanol–water partition coefficient (Wildman–Crippen LogP) is 1.85. The van der Waals surface area contributed by atoms with Crippen LogP contribution in [0.15, 0.2) is 24.3 Å². The van der Waals surface area contributed by atoms with E-state index in [0.717, 1.165) is 6.54 Å². The number of nitrogens with zero attached hydrogens (tertiary/aromatic N) is 1. The summed E-state index contributed by atoms with van der Waals surface area (Å²) < 4.78 is 24.9. The van der Waals surface area contributed by atoms with Gasteiger partial charge in [-0.3, -0.25) is 4.90 Å². The Kier molecular flexibility index (Phi) is 5.63. The molecule has 3 unspecified atom stereocenters. The fraction of sp³-hybridized carbons (Fsp3) is 0.767. The Balaban J connectivity index is 1.42. The van der Waals surface area contributed by atoms with Gasteiger partial charge in [0.1, 0.15) is 16.8 Å². The lowest BCUT2D eigenvalue weighted by atomic mass is 9.44. The quantitative estimate of drug-likeness (QED) is 0.365. The average Bonchev–Trinajstić information content (AvgIpc) is 3.35. The number of fused-ring (bicyclic) bond motifs is 2. The van der Waals surface area contributed by atoms with Crippen LogP contribution in [0.4, 0.5) is 5.69 Å². The molecule has 1 heterocycles. The van der Waals surface area contributed by atoms with Crippen molar-refractivity contribution in [2.75, 3.05) is 40.2 Å². The van der Waals surface area contributed by atoms with Crippen molar-refractivity contribution >= 4 is 11.7 Å². The largest absolute Gasteiger partial charge is 0.454 e. The van der Waals surface area contributed by atoms with Crippen molar-refractivity contribution in [3.8, 4) is 0 Å². The lowest BCUT2D eigenvalue weighted by Gasteiger charge is -2.70. The van der Waals surface area contributed by atoms with Crippen molar-refractivity contribution in [2.45, 2.75) is 80.2 Å². The minimum Gasteiger partial charge on any atom is -0.454 e. The number of ether oxygens (including phenoxy) is 4. The van der Waals surface area contributed by atoms with E-state index in [0.29, 0.717) is 49.9 Å². The number of esters is 1. The van der Waals surface area contributed by atoms with Crippen LogP contribution in [0.2, 0.25) is 0 Å². The minimum absolute atomic E-state index is 0.00601. The first-order chi connectivity index (χ1) is 18.7. The zero-order chi connectivity index (χ0) is 27.5. The maximum absolute atomic E-state index is 13.7. The minimum atomic E-state index is -1.44. The van der Waals surface area contributed by atoms with Crippen LogP contribution in [0.1, 0.15) is 49.4 Å². The molecule has 9 nitrogen and oxygen atoms in total. The van der Waals surface area contributed by atoms with Gasteiger partial charge in [0.25, 0.3) is 0 Å². The molecule has 0 amide bonds. The van der Waals surface area contributed by atoms with Gasteiger partial charge in [0.15, 0.2) is 0 Å². The number of likely N-dealkylation sites (tertiary alicyclic amines) is 1. The molecule has 7 bridgehead atoms. The van der Waals surface area contributed by atoms with Crippen molar-refractivity contribution in [3.05, 3.63) is 29.8 Å². The summed E-state index contributed by atoms with van der Waals surface area (Å²) in [6.45, 7) is 3.47. The van der Waals surface area contributed by atoms with Crippen LogP contribution in [0.3, 0.4) is 0 Å². The highest BCUT2D eigenvalue weighted by Gasteiger charge is 2.89. The number of piperidine rings is 1. The molecule has 0 radical (unpaired) electrons. The molecule has 0 aromatic heterocycles. The maximum atomic E-state index is 13.7.